The summed E-state index contributed by atoms with van der Waals surface area (Å²) < 4.78 is 38.9. The average Bonchev–Trinajstić information content (AvgIpc) is 2.53. The summed E-state index contributed by atoms with van der Waals surface area (Å²) in [7, 11) is -4.30. The van der Waals surface area contributed by atoms with Crippen LogP contribution >= 0.6 is 0 Å². The van der Waals surface area contributed by atoms with Gasteiger partial charge in [-0.15, -0.1) is 0 Å². The number of carboxylic acid groups (broad SMARTS) is 1. The normalized spacial score (nSPS) is 11.0. The average molecular weight is 354 g/mol. The van der Waals surface area contributed by atoms with E-state index in [9.17, 15) is 27.7 Å². The fourth-order valence-corrected chi connectivity index (χ4v) is 3.33. The number of carboxylic acids is 1. The van der Waals surface area contributed by atoms with Crippen LogP contribution in [0.15, 0.2) is 53.4 Å². The van der Waals surface area contributed by atoms with Crippen molar-refractivity contribution in [2.45, 2.75) is 4.90 Å². The highest BCUT2D eigenvalue weighted by Gasteiger charge is 2.27. The van der Waals surface area contributed by atoms with Crippen molar-refractivity contribution < 1.29 is 27.6 Å². The number of rotatable bonds is 6. The SMILES string of the molecule is O=C(O)CN(c1ccc(F)cc1)S(=O)(=O)c1ccc([N+](=O)[O-])cc1. The van der Waals surface area contributed by atoms with E-state index < -0.39 is 33.3 Å². The van der Waals surface area contributed by atoms with Crippen molar-refractivity contribution in [1.82, 2.24) is 0 Å². The molecule has 0 atom stereocenters. The number of aliphatic carboxylic acids is 1. The van der Waals surface area contributed by atoms with Gasteiger partial charge < -0.3 is 5.11 Å². The van der Waals surface area contributed by atoms with Crippen molar-refractivity contribution in [2.75, 3.05) is 10.8 Å². The Kier molecular flexibility index (Phi) is 4.79. The molecule has 2 rings (SSSR count). The number of sulfonamides is 1. The fourth-order valence-electron chi connectivity index (χ4n) is 1.91. The van der Waals surface area contributed by atoms with Crippen molar-refractivity contribution in [3.05, 3.63) is 64.5 Å². The first-order valence-electron chi connectivity index (χ1n) is 6.46. The third kappa shape index (κ3) is 3.66. The molecule has 0 unspecified atom stereocenters. The lowest BCUT2D eigenvalue weighted by Gasteiger charge is -2.22. The van der Waals surface area contributed by atoms with Gasteiger partial charge in [-0.05, 0) is 36.4 Å². The number of benzene rings is 2. The first kappa shape index (κ1) is 17.3. The van der Waals surface area contributed by atoms with E-state index in [1.807, 2.05) is 0 Å². The Morgan fingerprint density at radius 1 is 1.12 bits per heavy atom. The van der Waals surface area contributed by atoms with Crippen molar-refractivity contribution in [3.63, 3.8) is 0 Å². The van der Waals surface area contributed by atoms with Gasteiger partial charge in [-0.1, -0.05) is 0 Å². The summed E-state index contributed by atoms with van der Waals surface area (Å²) in [5.41, 5.74) is -0.349. The quantitative estimate of drug-likeness (QED) is 0.626. The molecule has 0 radical (unpaired) electrons. The van der Waals surface area contributed by atoms with E-state index in [0.717, 1.165) is 48.5 Å². The molecule has 0 aliphatic heterocycles. The lowest BCUT2D eigenvalue weighted by Crippen LogP contribution is -2.35. The summed E-state index contributed by atoms with van der Waals surface area (Å²) in [6.07, 6.45) is 0. The zero-order valence-corrected chi connectivity index (χ0v) is 12.8. The van der Waals surface area contributed by atoms with Gasteiger partial charge >= 0.3 is 5.97 Å². The van der Waals surface area contributed by atoms with Gasteiger partial charge in [0.05, 0.1) is 15.5 Å². The van der Waals surface area contributed by atoms with Crippen molar-refractivity contribution >= 4 is 27.4 Å². The number of nitro benzene ring substituents is 1. The molecule has 10 heteroatoms. The van der Waals surface area contributed by atoms with E-state index >= 15 is 0 Å². The molecule has 0 spiro atoms. The monoisotopic (exact) mass is 354 g/mol. The van der Waals surface area contributed by atoms with E-state index in [0.29, 0.717) is 4.31 Å². The highest BCUT2D eigenvalue weighted by Crippen LogP contribution is 2.25. The molecule has 0 saturated heterocycles. The molecule has 0 aliphatic carbocycles. The molecule has 24 heavy (non-hydrogen) atoms. The second-order valence-corrected chi connectivity index (χ2v) is 6.50. The van der Waals surface area contributed by atoms with Crippen LogP contribution in [0.5, 0.6) is 0 Å². The van der Waals surface area contributed by atoms with Gasteiger partial charge in [-0.25, -0.2) is 12.8 Å². The largest absolute Gasteiger partial charge is 0.480 e. The summed E-state index contributed by atoms with van der Waals surface area (Å²) >= 11 is 0. The third-order valence-corrected chi connectivity index (χ3v) is 4.82. The van der Waals surface area contributed by atoms with Crippen molar-refractivity contribution in [1.29, 1.82) is 0 Å². The maximum Gasteiger partial charge on any atom is 0.324 e. The van der Waals surface area contributed by atoms with Gasteiger partial charge in [0.2, 0.25) is 0 Å². The summed E-state index contributed by atoms with van der Waals surface area (Å²) in [4.78, 5) is 20.6. The molecule has 0 heterocycles. The zero-order chi connectivity index (χ0) is 17.9. The Morgan fingerprint density at radius 2 is 1.67 bits per heavy atom. The van der Waals surface area contributed by atoms with Crippen LogP contribution in [-0.2, 0) is 14.8 Å². The minimum absolute atomic E-state index is 0.0443. The summed E-state index contributed by atoms with van der Waals surface area (Å²) in [6.45, 7) is -0.884. The smallest absolute Gasteiger partial charge is 0.324 e. The first-order chi connectivity index (χ1) is 11.2. The molecule has 0 amide bonds. The molecular formula is C14H11FN2O6S. The highest BCUT2D eigenvalue weighted by molar-refractivity contribution is 7.92. The van der Waals surface area contributed by atoms with Gasteiger partial charge in [0.25, 0.3) is 15.7 Å². The molecule has 0 saturated carbocycles. The summed E-state index contributed by atoms with van der Waals surface area (Å²) in [5, 5.41) is 19.6. The van der Waals surface area contributed by atoms with Crippen LogP contribution in [0.1, 0.15) is 0 Å². The van der Waals surface area contributed by atoms with Crippen molar-refractivity contribution in [2.24, 2.45) is 0 Å². The number of hydrogen-bond donors (Lipinski definition) is 1. The Balaban J connectivity index is 2.48. The minimum atomic E-state index is -4.30. The summed E-state index contributed by atoms with van der Waals surface area (Å²) in [5.74, 6) is -2.02. The van der Waals surface area contributed by atoms with Gasteiger partial charge in [0, 0.05) is 12.1 Å². The molecular weight excluding hydrogens is 343 g/mol. The maximum absolute atomic E-state index is 13.0. The Bertz CT molecular complexity index is 865. The van der Waals surface area contributed by atoms with Crippen LogP contribution in [-0.4, -0.2) is 31.0 Å². The van der Waals surface area contributed by atoms with Crippen LogP contribution in [0, 0.1) is 15.9 Å². The fraction of sp³-hybridized carbons (Fsp3) is 0.0714. The van der Waals surface area contributed by atoms with E-state index in [-0.39, 0.29) is 16.3 Å². The predicted molar refractivity (Wildman–Crippen MR) is 81.7 cm³/mol. The first-order valence-corrected chi connectivity index (χ1v) is 7.90. The Hall–Kier alpha value is -3.01. The maximum atomic E-state index is 13.0. The van der Waals surface area contributed by atoms with Gasteiger partial charge in [0.15, 0.2) is 0 Å². The lowest BCUT2D eigenvalue weighted by atomic mass is 10.3. The number of nitrogens with zero attached hydrogens (tertiary/aromatic N) is 2. The summed E-state index contributed by atoms with van der Waals surface area (Å²) in [6, 6.07) is 8.25. The minimum Gasteiger partial charge on any atom is -0.480 e. The van der Waals surface area contributed by atoms with Crippen LogP contribution in [0.2, 0.25) is 0 Å². The van der Waals surface area contributed by atoms with E-state index in [1.165, 1.54) is 0 Å². The Labute approximate surface area is 136 Å². The number of non-ortho nitro benzene ring substituents is 1. The van der Waals surface area contributed by atoms with Crippen LogP contribution in [0.3, 0.4) is 0 Å². The van der Waals surface area contributed by atoms with Gasteiger partial charge in [-0.3, -0.25) is 19.2 Å². The molecule has 0 bridgehead atoms. The van der Waals surface area contributed by atoms with E-state index in [4.69, 9.17) is 5.11 Å². The second kappa shape index (κ2) is 6.62. The molecule has 0 aliphatic rings. The highest BCUT2D eigenvalue weighted by atomic mass is 32.2. The predicted octanol–water partition coefficient (Wildman–Crippen LogP) is 2.01. The molecule has 126 valence electrons. The van der Waals surface area contributed by atoms with Crippen molar-refractivity contribution in [3.8, 4) is 0 Å². The molecule has 0 fully saturated rings. The van der Waals surface area contributed by atoms with E-state index in [2.05, 4.69) is 0 Å². The molecule has 2 aromatic carbocycles. The van der Waals surface area contributed by atoms with Crippen LogP contribution in [0.4, 0.5) is 15.8 Å². The van der Waals surface area contributed by atoms with Crippen LogP contribution in [0.25, 0.3) is 0 Å². The number of carbonyl (C=O) groups is 1. The number of hydrogen-bond acceptors (Lipinski definition) is 5. The number of anilines is 1. The van der Waals surface area contributed by atoms with Gasteiger partial charge in [-0.2, -0.15) is 0 Å². The van der Waals surface area contributed by atoms with Crippen LogP contribution < -0.4 is 4.31 Å². The standard InChI is InChI=1S/C14H11FN2O6S/c15-10-1-3-11(4-2-10)16(9-14(18)19)24(22,23)13-7-5-12(6-8-13)17(20)21/h1-8H,9H2,(H,18,19). The topological polar surface area (TPSA) is 118 Å². The third-order valence-electron chi connectivity index (χ3n) is 3.03. The molecule has 2 aromatic rings. The number of nitro groups is 1. The second-order valence-electron chi connectivity index (χ2n) is 4.63. The molecule has 0 aromatic heterocycles. The van der Waals surface area contributed by atoms with Gasteiger partial charge in [0.1, 0.15) is 12.4 Å². The zero-order valence-electron chi connectivity index (χ0n) is 12.0. The Morgan fingerprint density at radius 3 is 2.12 bits per heavy atom. The van der Waals surface area contributed by atoms with E-state index in [1.54, 1.807) is 0 Å². The molecule has 8 nitrogen and oxygen atoms in total. The molecule has 1 N–H and O–H groups in total. The number of halogens is 1. The lowest BCUT2D eigenvalue weighted by molar-refractivity contribution is -0.384.